The van der Waals surface area contributed by atoms with Crippen LogP contribution in [0.3, 0.4) is 0 Å². The van der Waals surface area contributed by atoms with Crippen LogP contribution < -0.4 is 10.2 Å². The number of ether oxygens (including phenoxy) is 2. The Bertz CT molecular complexity index is 817. The number of hydrogen-bond donors (Lipinski definition) is 1. The molecule has 1 saturated heterocycles. The van der Waals surface area contributed by atoms with E-state index in [1.807, 2.05) is 24.3 Å². The van der Waals surface area contributed by atoms with Crippen molar-refractivity contribution in [3.63, 3.8) is 0 Å². The van der Waals surface area contributed by atoms with Crippen LogP contribution in [0.5, 0.6) is 5.75 Å². The third-order valence-corrected chi connectivity index (χ3v) is 5.78. The number of methoxy groups -OCH3 is 1. The van der Waals surface area contributed by atoms with E-state index in [0.29, 0.717) is 0 Å². The summed E-state index contributed by atoms with van der Waals surface area (Å²) in [5.74, 6) is 0.883. The van der Waals surface area contributed by atoms with Crippen LogP contribution in [0, 0.1) is 0 Å². The molecule has 2 aromatic carbocycles. The lowest BCUT2D eigenvalue weighted by atomic mass is 9.95. The normalized spacial score (nSPS) is 20.0. The molecule has 1 fully saturated rings. The summed E-state index contributed by atoms with van der Waals surface area (Å²) in [4.78, 5) is 2.46. The molecule has 0 aliphatic carbocycles. The van der Waals surface area contributed by atoms with Crippen LogP contribution in [0.1, 0.15) is 11.1 Å². The molecule has 29 heavy (non-hydrogen) atoms. The zero-order chi connectivity index (χ0) is 20.1. The molecule has 0 saturated carbocycles. The second kappa shape index (κ2) is 9.63. The first-order valence-electron chi connectivity index (χ1n) is 10.1. The lowest BCUT2D eigenvalue weighted by Gasteiger charge is -2.29. The Morgan fingerprint density at radius 1 is 1.03 bits per heavy atom. The Morgan fingerprint density at radius 2 is 1.76 bits per heavy atom. The van der Waals surface area contributed by atoms with Gasteiger partial charge < -0.3 is 14.5 Å². The van der Waals surface area contributed by atoms with Crippen LogP contribution in [0.2, 0.25) is 5.02 Å². The van der Waals surface area contributed by atoms with Crippen molar-refractivity contribution in [1.29, 1.82) is 0 Å². The van der Waals surface area contributed by atoms with Gasteiger partial charge >= 0.3 is 0 Å². The van der Waals surface area contributed by atoms with Gasteiger partial charge in [-0.25, -0.2) is 5.43 Å². The van der Waals surface area contributed by atoms with Crippen LogP contribution in [-0.2, 0) is 11.2 Å². The highest BCUT2D eigenvalue weighted by Crippen LogP contribution is 2.28. The summed E-state index contributed by atoms with van der Waals surface area (Å²) in [6.45, 7) is 5.65. The highest BCUT2D eigenvalue weighted by Gasteiger charge is 2.25. The largest absolute Gasteiger partial charge is 0.497 e. The molecule has 0 radical (unpaired) electrons. The van der Waals surface area contributed by atoms with E-state index in [9.17, 15) is 0 Å². The van der Waals surface area contributed by atoms with Gasteiger partial charge in [-0.2, -0.15) is 0 Å². The number of morpholine rings is 1. The SMILES string of the molecule is COc1ccc(CC2NN(CCN3CCOCC3)C=C2c2ccc(Cl)cc2)cc1. The van der Waals surface area contributed by atoms with E-state index >= 15 is 0 Å². The first-order chi connectivity index (χ1) is 14.2. The van der Waals surface area contributed by atoms with E-state index in [-0.39, 0.29) is 6.04 Å². The maximum absolute atomic E-state index is 6.10. The monoisotopic (exact) mass is 413 g/mol. The molecule has 0 bridgehead atoms. The number of hydrogen-bond acceptors (Lipinski definition) is 5. The van der Waals surface area contributed by atoms with Gasteiger partial charge in [-0.05, 0) is 47.4 Å². The zero-order valence-corrected chi connectivity index (χ0v) is 17.6. The fourth-order valence-corrected chi connectivity index (χ4v) is 3.96. The minimum Gasteiger partial charge on any atom is -0.497 e. The molecule has 2 aliphatic heterocycles. The lowest BCUT2D eigenvalue weighted by molar-refractivity contribution is 0.0336. The molecule has 154 valence electrons. The summed E-state index contributed by atoms with van der Waals surface area (Å²) in [6, 6.07) is 16.6. The van der Waals surface area contributed by atoms with Crippen molar-refractivity contribution in [1.82, 2.24) is 15.3 Å². The molecule has 0 amide bonds. The minimum absolute atomic E-state index is 0.217. The number of hydrazine groups is 1. The van der Waals surface area contributed by atoms with E-state index in [0.717, 1.165) is 56.6 Å². The molecule has 5 nitrogen and oxygen atoms in total. The molecule has 1 unspecified atom stereocenters. The molecule has 1 N–H and O–H groups in total. The van der Waals surface area contributed by atoms with Gasteiger partial charge in [-0.1, -0.05) is 35.9 Å². The van der Waals surface area contributed by atoms with Crippen LogP contribution in [0.25, 0.3) is 5.57 Å². The van der Waals surface area contributed by atoms with Gasteiger partial charge in [0.1, 0.15) is 5.75 Å². The first-order valence-corrected chi connectivity index (χ1v) is 10.5. The number of nitrogens with zero attached hydrogens (tertiary/aromatic N) is 2. The van der Waals surface area contributed by atoms with Crippen molar-refractivity contribution in [2.24, 2.45) is 0 Å². The van der Waals surface area contributed by atoms with Crippen molar-refractivity contribution in [2.45, 2.75) is 12.5 Å². The average Bonchev–Trinajstić information content (AvgIpc) is 3.17. The molecule has 6 heteroatoms. The van der Waals surface area contributed by atoms with Crippen LogP contribution in [-0.4, -0.2) is 62.5 Å². The van der Waals surface area contributed by atoms with Gasteiger partial charge in [0, 0.05) is 37.4 Å². The maximum Gasteiger partial charge on any atom is 0.118 e. The Hall–Kier alpha value is -2.05. The van der Waals surface area contributed by atoms with Crippen molar-refractivity contribution < 1.29 is 9.47 Å². The van der Waals surface area contributed by atoms with E-state index in [4.69, 9.17) is 21.1 Å². The smallest absolute Gasteiger partial charge is 0.118 e. The second-order valence-electron chi connectivity index (χ2n) is 7.47. The van der Waals surface area contributed by atoms with Crippen molar-refractivity contribution >= 4 is 17.2 Å². The molecule has 0 aromatic heterocycles. The molecule has 4 rings (SSSR count). The summed E-state index contributed by atoms with van der Waals surface area (Å²) >= 11 is 6.10. The highest BCUT2D eigenvalue weighted by molar-refractivity contribution is 6.30. The summed E-state index contributed by atoms with van der Waals surface area (Å²) < 4.78 is 10.7. The standard InChI is InChI=1S/C23H28ClN3O2/c1-28-21-8-2-18(3-9-21)16-23-22(19-4-6-20(24)7-5-19)17-27(25-23)11-10-26-12-14-29-15-13-26/h2-9,17,23,25H,10-16H2,1H3. The van der Waals surface area contributed by atoms with Crippen LogP contribution in [0.15, 0.2) is 54.7 Å². The molecular formula is C23H28ClN3O2. The van der Waals surface area contributed by atoms with Gasteiger partial charge in [-0.3, -0.25) is 4.90 Å². The molecule has 2 heterocycles. The van der Waals surface area contributed by atoms with E-state index in [1.165, 1.54) is 16.7 Å². The van der Waals surface area contributed by atoms with E-state index < -0.39 is 0 Å². The molecule has 1 atom stereocenters. The first kappa shape index (κ1) is 20.2. The van der Waals surface area contributed by atoms with Gasteiger partial charge in [-0.15, -0.1) is 0 Å². The predicted molar refractivity (Wildman–Crippen MR) is 117 cm³/mol. The Morgan fingerprint density at radius 3 is 2.45 bits per heavy atom. The molecule has 0 spiro atoms. The average molecular weight is 414 g/mol. The lowest BCUT2D eigenvalue weighted by Crippen LogP contribution is -2.44. The highest BCUT2D eigenvalue weighted by atomic mass is 35.5. The number of halogens is 1. The van der Waals surface area contributed by atoms with Gasteiger partial charge in [0.25, 0.3) is 0 Å². The topological polar surface area (TPSA) is 37.0 Å². The summed E-state index contributed by atoms with van der Waals surface area (Å²) in [6.07, 6.45) is 3.16. The second-order valence-corrected chi connectivity index (χ2v) is 7.91. The van der Waals surface area contributed by atoms with Crippen LogP contribution in [0.4, 0.5) is 0 Å². The predicted octanol–water partition coefficient (Wildman–Crippen LogP) is 3.45. The van der Waals surface area contributed by atoms with E-state index in [2.05, 4.69) is 45.8 Å². The Balaban J connectivity index is 1.47. The summed E-state index contributed by atoms with van der Waals surface area (Å²) in [5.41, 5.74) is 7.46. The zero-order valence-electron chi connectivity index (χ0n) is 16.8. The summed E-state index contributed by atoms with van der Waals surface area (Å²) in [7, 11) is 1.70. The van der Waals surface area contributed by atoms with Gasteiger partial charge in [0.2, 0.25) is 0 Å². The molecule has 2 aromatic rings. The number of benzene rings is 2. The third kappa shape index (κ3) is 5.31. The fourth-order valence-electron chi connectivity index (χ4n) is 3.84. The quantitative estimate of drug-likeness (QED) is 0.752. The van der Waals surface area contributed by atoms with Gasteiger partial charge in [0.05, 0.1) is 26.4 Å². The third-order valence-electron chi connectivity index (χ3n) is 5.53. The van der Waals surface area contributed by atoms with Gasteiger partial charge in [0.15, 0.2) is 0 Å². The Kier molecular flexibility index (Phi) is 6.72. The molecule has 2 aliphatic rings. The van der Waals surface area contributed by atoms with Crippen LogP contribution >= 0.6 is 11.6 Å². The van der Waals surface area contributed by atoms with Crippen molar-refractivity contribution in [3.05, 3.63) is 70.9 Å². The fraction of sp³-hybridized carbons (Fsp3) is 0.391. The minimum atomic E-state index is 0.217. The summed E-state index contributed by atoms with van der Waals surface area (Å²) in [5, 5.41) is 2.99. The van der Waals surface area contributed by atoms with Crippen molar-refractivity contribution in [2.75, 3.05) is 46.5 Å². The maximum atomic E-state index is 6.10. The number of rotatable bonds is 7. The van der Waals surface area contributed by atoms with E-state index in [1.54, 1.807) is 7.11 Å². The van der Waals surface area contributed by atoms with Crippen molar-refractivity contribution in [3.8, 4) is 5.75 Å². The Labute approximate surface area is 177 Å². The number of nitrogens with one attached hydrogen (secondary N) is 1. The molecular weight excluding hydrogens is 386 g/mol.